The summed E-state index contributed by atoms with van der Waals surface area (Å²) in [7, 11) is 3.09. The quantitative estimate of drug-likeness (QED) is 0.408. The Morgan fingerprint density at radius 1 is 1.09 bits per heavy atom. The highest BCUT2D eigenvalue weighted by Crippen LogP contribution is 2.38. The number of benzene rings is 2. The van der Waals surface area contributed by atoms with E-state index < -0.39 is 5.97 Å². The number of rotatable bonds is 9. The van der Waals surface area contributed by atoms with E-state index in [1.54, 1.807) is 13.2 Å². The maximum atomic E-state index is 12.2. The zero-order valence-corrected chi connectivity index (χ0v) is 21.2. The monoisotopic (exact) mass is 495 g/mol. The number of hydrogen-bond donors (Lipinski definition) is 1. The second-order valence-corrected chi connectivity index (χ2v) is 8.76. The van der Waals surface area contributed by atoms with Crippen LogP contribution in [-0.2, 0) is 33.5 Å². The lowest BCUT2D eigenvalue weighted by Crippen LogP contribution is -2.29. The van der Waals surface area contributed by atoms with Crippen molar-refractivity contribution in [3.63, 3.8) is 0 Å². The number of esters is 1. The van der Waals surface area contributed by atoms with E-state index in [9.17, 15) is 4.79 Å². The minimum absolute atomic E-state index is 0.0864. The number of ether oxygens (including phenoxy) is 3. The fraction of sp³-hybridized carbons (Fsp3) is 0.370. The van der Waals surface area contributed by atoms with Crippen LogP contribution in [0.5, 0.6) is 5.75 Å². The first-order chi connectivity index (χ1) is 17.0. The number of nitrogens with zero attached hydrogens (tertiary/aromatic N) is 2. The third-order valence-electron chi connectivity index (χ3n) is 6.16. The van der Waals surface area contributed by atoms with E-state index in [0.29, 0.717) is 35.9 Å². The van der Waals surface area contributed by atoms with Crippen LogP contribution in [0, 0.1) is 0 Å². The third kappa shape index (κ3) is 5.26. The van der Waals surface area contributed by atoms with Crippen LogP contribution in [0.2, 0.25) is 5.02 Å². The van der Waals surface area contributed by atoms with Crippen LogP contribution in [0.25, 0.3) is 11.3 Å². The van der Waals surface area contributed by atoms with Gasteiger partial charge in [0.05, 0.1) is 35.3 Å². The van der Waals surface area contributed by atoms with Gasteiger partial charge in [0.25, 0.3) is 0 Å². The first kappa shape index (κ1) is 24.9. The van der Waals surface area contributed by atoms with Crippen molar-refractivity contribution in [2.24, 2.45) is 0 Å². The zero-order chi connectivity index (χ0) is 24.9. The lowest BCUT2D eigenvalue weighted by atomic mass is 10.1. The average Bonchev–Trinajstić information content (AvgIpc) is 3.20. The molecule has 0 bridgehead atoms. The predicted molar refractivity (Wildman–Crippen MR) is 136 cm³/mol. The summed E-state index contributed by atoms with van der Waals surface area (Å²) in [6.45, 7) is 4.00. The van der Waals surface area contributed by atoms with E-state index in [2.05, 4.69) is 17.4 Å². The maximum absolute atomic E-state index is 12.2. The summed E-state index contributed by atoms with van der Waals surface area (Å²) in [6.07, 6.45) is 1.60. The van der Waals surface area contributed by atoms with Crippen LogP contribution in [0.1, 0.15) is 42.4 Å². The van der Waals surface area contributed by atoms with Crippen molar-refractivity contribution >= 4 is 23.4 Å². The Morgan fingerprint density at radius 2 is 1.86 bits per heavy atom. The molecule has 1 aromatic heterocycles. The molecular weight excluding hydrogens is 466 g/mol. The van der Waals surface area contributed by atoms with E-state index in [4.69, 9.17) is 35.8 Å². The highest BCUT2D eigenvalue weighted by Gasteiger charge is 2.36. The lowest BCUT2D eigenvalue weighted by Gasteiger charge is -2.24. The van der Waals surface area contributed by atoms with E-state index >= 15 is 0 Å². The normalized spacial score (nSPS) is 16.6. The van der Waals surface area contributed by atoms with Gasteiger partial charge >= 0.3 is 5.97 Å². The number of nitrogens with one attached hydrogen (secondary N) is 1. The topological polar surface area (TPSA) is 82.6 Å². The number of anilines is 1. The Bertz CT molecular complexity index is 1220. The van der Waals surface area contributed by atoms with Gasteiger partial charge < -0.3 is 19.5 Å². The number of carbonyl (C=O) groups is 1. The lowest BCUT2D eigenvalue weighted by molar-refractivity contribution is -0.153. The van der Waals surface area contributed by atoms with Crippen molar-refractivity contribution < 1.29 is 19.0 Å². The number of aromatic nitrogens is 2. The number of halogens is 1. The van der Waals surface area contributed by atoms with Gasteiger partial charge in [-0.25, -0.2) is 14.8 Å². The average molecular weight is 496 g/mol. The Hall–Kier alpha value is -3.16. The van der Waals surface area contributed by atoms with Crippen LogP contribution in [0.4, 0.5) is 5.82 Å². The number of methoxy groups -OCH3 is 2. The standard InChI is InChI=1S/C27H30ClN3O4/c1-5-21-25(19-12-11-17(34-4)14-20(19)28)29-22(6-2)27(30-21)31-26-18-10-8-7-9-16(18)13-23(26)35-24(32)15-33-3/h7-12,14,23,26H,5-6,13,15H2,1-4H3,(H,30,31)/t23-,26+/m0/s1. The Balaban J connectivity index is 1.71. The largest absolute Gasteiger partial charge is 0.497 e. The fourth-order valence-corrected chi connectivity index (χ4v) is 4.71. The van der Waals surface area contributed by atoms with Crippen molar-refractivity contribution in [2.75, 3.05) is 26.1 Å². The summed E-state index contributed by atoms with van der Waals surface area (Å²) in [5.41, 5.74) is 5.45. The molecule has 3 aromatic rings. The molecule has 1 aliphatic rings. The van der Waals surface area contributed by atoms with E-state index in [-0.39, 0.29) is 18.8 Å². The molecular formula is C27H30ClN3O4. The molecule has 2 atom stereocenters. The van der Waals surface area contributed by atoms with Gasteiger partial charge in [-0.1, -0.05) is 49.7 Å². The number of fused-ring (bicyclic) bond motifs is 1. The van der Waals surface area contributed by atoms with Gasteiger partial charge in [-0.3, -0.25) is 0 Å². The van der Waals surface area contributed by atoms with Crippen LogP contribution < -0.4 is 10.1 Å². The summed E-state index contributed by atoms with van der Waals surface area (Å²) in [6, 6.07) is 13.4. The SMILES string of the molecule is CCc1nc(-c2ccc(OC)cc2Cl)c(CC)nc1N[C@@H]1c2ccccc2C[C@@H]1OC(=O)COC. The summed E-state index contributed by atoms with van der Waals surface area (Å²) < 4.78 is 16.0. The molecule has 0 aliphatic heterocycles. The molecule has 0 fully saturated rings. The first-order valence-electron chi connectivity index (χ1n) is 11.7. The smallest absolute Gasteiger partial charge is 0.332 e. The summed E-state index contributed by atoms with van der Waals surface area (Å²) in [5.74, 6) is 0.984. The van der Waals surface area contributed by atoms with E-state index in [1.165, 1.54) is 7.11 Å². The molecule has 1 heterocycles. The summed E-state index contributed by atoms with van der Waals surface area (Å²) in [5, 5.41) is 4.12. The Kier molecular flexibility index (Phi) is 7.88. The molecule has 0 spiro atoms. The molecule has 4 rings (SSSR count). The predicted octanol–water partition coefficient (Wildman–Crippen LogP) is 5.20. The molecule has 7 nitrogen and oxygen atoms in total. The van der Waals surface area contributed by atoms with Crippen molar-refractivity contribution in [2.45, 2.75) is 45.3 Å². The molecule has 0 radical (unpaired) electrons. The molecule has 0 saturated carbocycles. The Labute approximate surface area is 210 Å². The number of carbonyl (C=O) groups excluding carboxylic acids is 1. The van der Waals surface area contributed by atoms with Crippen molar-refractivity contribution in [1.29, 1.82) is 0 Å². The molecule has 1 N–H and O–H groups in total. The van der Waals surface area contributed by atoms with Gasteiger partial charge in [0.2, 0.25) is 0 Å². The molecule has 0 unspecified atom stereocenters. The van der Waals surface area contributed by atoms with Gasteiger partial charge in [-0.05, 0) is 42.2 Å². The molecule has 35 heavy (non-hydrogen) atoms. The van der Waals surface area contributed by atoms with Gasteiger partial charge in [0, 0.05) is 19.1 Å². The van der Waals surface area contributed by atoms with Crippen molar-refractivity contribution in [3.8, 4) is 17.0 Å². The first-order valence-corrected chi connectivity index (χ1v) is 12.1. The highest BCUT2D eigenvalue weighted by atomic mass is 35.5. The van der Waals surface area contributed by atoms with Crippen LogP contribution in [0.15, 0.2) is 42.5 Å². The second kappa shape index (κ2) is 11.1. The van der Waals surface area contributed by atoms with Crippen LogP contribution >= 0.6 is 11.6 Å². The summed E-state index contributed by atoms with van der Waals surface area (Å²) >= 11 is 6.57. The minimum atomic E-state index is -0.391. The maximum Gasteiger partial charge on any atom is 0.332 e. The number of hydrogen-bond acceptors (Lipinski definition) is 7. The van der Waals surface area contributed by atoms with Crippen LogP contribution in [-0.4, -0.2) is 42.9 Å². The van der Waals surface area contributed by atoms with Gasteiger partial charge in [-0.15, -0.1) is 0 Å². The zero-order valence-electron chi connectivity index (χ0n) is 20.4. The van der Waals surface area contributed by atoms with Gasteiger partial charge in [0.15, 0.2) is 0 Å². The molecule has 184 valence electrons. The van der Waals surface area contributed by atoms with Gasteiger partial charge in [0.1, 0.15) is 24.3 Å². The minimum Gasteiger partial charge on any atom is -0.497 e. The summed E-state index contributed by atoms with van der Waals surface area (Å²) in [4.78, 5) is 22.2. The molecule has 0 saturated heterocycles. The Morgan fingerprint density at radius 3 is 2.54 bits per heavy atom. The van der Waals surface area contributed by atoms with Crippen molar-refractivity contribution in [3.05, 3.63) is 70.0 Å². The number of aryl methyl sites for hydroxylation is 2. The van der Waals surface area contributed by atoms with Crippen LogP contribution in [0.3, 0.4) is 0 Å². The highest BCUT2D eigenvalue weighted by molar-refractivity contribution is 6.33. The molecule has 1 aliphatic carbocycles. The van der Waals surface area contributed by atoms with Crippen molar-refractivity contribution in [1.82, 2.24) is 9.97 Å². The van der Waals surface area contributed by atoms with Gasteiger partial charge in [-0.2, -0.15) is 0 Å². The second-order valence-electron chi connectivity index (χ2n) is 8.35. The molecule has 0 amide bonds. The van der Waals surface area contributed by atoms with E-state index in [1.807, 2.05) is 38.1 Å². The molecule has 2 aromatic carbocycles. The van der Waals surface area contributed by atoms with E-state index in [0.717, 1.165) is 33.8 Å². The fourth-order valence-electron chi connectivity index (χ4n) is 4.45. The molecule has 8 heteroatoms. The third-order valence-corrected chi connectivity index (χ3v) is 6.47.